The third-order valence-electron chi connectivity index (χ3n) is 2.84. The van der Waals surface area contributed by atoms with Crippen molar-refractivity contribution < 1.29 is 13.6 Å². The predicted molar refractivity (Wildman–Crippen MR) is 74.5 cm³/mol. The maximum absolute atomic E-state index is 12.0. The van der Waals surface area contributed by atoms with Crippen LogP contribution in [0.15, 0.2) is 45.4 Å². The molecule has 0 radical (unpaired) electrons. The van der Waals surface area contributed by atoms with Crippen molar-refractivity contribution >= 4 is 5.91 Å². The normalized spacial score (nSPS) is 11.1. The molecule has 0 atom stereocenters. The van der Waals surface area contributed by atoms with Gasteiger partial charge in [0, 0.05) is 6.08 Å². The summed E-state index contributed by atoms with van der Waals surface area (Å²) in [6.45, 7) is 4.48. The van der Waals surface area contributed by atoms with Gasteiger partial charge in [-0.2, -0.15) is 0 Å². The number of nitrogens with two attached hydrogens (primary N) is 1. The van der Waals surface area contributed by atoms with Crippen molar-refractivity contribution in [3.8, 4) is 0 Å². The lowest BCUT2D eigenvalue weighted by atomic mass is 10.3. The van der Waals surface area contributed by atoms with Crippen molar-refractivity contribution in [1.82, 2.24) is 4.90 Å². The van der Waals surface area contributed by atoms with E-state index in [1.54, 1.807) is 4.90 Å². The number of nitrogens with zero attached hydrogens (tertiary/aromatic N) is 1. The summed E-state index contributed by atoms with van der Waals surface area (Å²) >= 11 is 0. The first-order chi connectivity index (χ1) is 9.58. The number of hydrogen-bond donors (Lipinski definition) is 1. The summed E-state index contributed by atoms with van der Waals surface area (Å²) in [5.74, 6) is 2.90. The minimum Gasteiger partial charge on any atom is -0.464 e. The summed E-state index contributed by atoms with van der Waals surface area (Å²) in [4.78, 5) is 13.7. The highest BCUT2D eigenvalue weighted by Gasteiger charge is 2.15. The lowest BCUT2D eigenvalue weighted by Crippen LogP contribution is -2.28. The maximum Gasteiger partial charge on any atom is 0.248 e. The molecule has 2 heterocycles. The summed E-state index contributed by atoms with van der Waals surface area (Å²) in [5.41, 5.74) is 5.29. The highest BCUT2D eigenvalue weighted by molar-refractivity contribution is 5.87. The van der Waals surface area contributed by atoms with E-state index in [0.717, 1.165) is 23.0 Å². The van der Waals surface area contributed by atoms with E-state index >= 15 is 0 Å². The fraction of sp³-hybridized carbons (Fsp3) is 0.267. The molecule has 0 saturated heterocycles. The predicted octanol–water partition coefficient (Wildman–Crippen LogP) is 2.49. The van der Waals surface area contributed by atoms with Crippen molar-refractivity contribution in [2.75, 3.05) is 0 Å². The summed E-state index contributed by atoms with van der Waals surface area (Å²) < 4.78 is 11.0. The smallest absolute Gasteiger partial charge is 0.248 e. The van der Waals surface area contributed by atoms with E-state index in [-0.39, 0.29) is 5.91 Å². The standard InChI is InChI=1S/C15H18N2O3/c1-11-3-5-13(19-11)9-17(15(18)7-8-16)10-14-6-4-12(2)20-14/h3-8H,9-10,16H2,1-2H3/b8-7-. The Balaban J connectivity index is 2.13. The number of furan rings is 2. The number of aryl methyl sites for hydroxylation is 2. The average molecular weight is 274 g/mol. The Bertz CT molecular complexity index is 568. The quantitative estimate of drug-likeness (QED) is 0.850. The Kier molecular flexibility index (Phi) is 4.30. The largest absolute Gasteiger partial charge is 0.464 e. The molecule has 0 spiro atoms. The van der Waals surface area contributed by atoms with Gasteiger partial charge in [-0.15, -0.1) is 0 Å². The van der Waals surface area contributed by atoms with Crippen LogP contribution in [-0.2, 0) is 17.9 Å². The van der Waals surface area contributed by atoms with Crippen LogP contribution in [-0.4, -0.2) is 10.8 Å². The topological polar surface area (TPSA) is 72.6 Å². The van der Waals surface area contributed by atoms with Gasteiger partial charge >= 0.3 is 0 Å². The molecule has 0 bridgehead atoms. The van der Waals surface area contributed by atoms with E-state index in [9.17, 15) is 4.79 Å². The van der Waals surface area contributed by atoms with Crippen LogP contribution in [0.25, 0.3) is 0 Å². The fourth-order valence-corrected chi connectivity index (χ4v) is 1.92. The van der Waals surface area contributed by atoms with Crippen LogP contribution < -0.4 is 5.73 Å². The molecule has 0 aromatic carbocycles. The Morgan fingerprint density at radius 3 is 1.95 bits per heavy atom. The molecule has 20 heavy (non-hydrogen) atoms. The van der Waals surface area contributed by atoms with Crippen LogP contribution in [0.5, 0.6) is 0 Å². The third kappa shape index (κ3) is 3.54. The van der Waals surface area contributed by atoms with Gasteiger partial charge in [0.2, 0.25) is 5.91 Å². The van der Waals surface area contributed by atoms with Crippen molar-refractivity contribution in [3.05, 3.63) is 59.6 Å². The molecule has 2 rings (SSSR count). The van der Waals surface area contributed by atoms with Gasteiger partial charge in [-0.3, -0.25) is 4.79 Å². The summed E-state index contributed by atoms with van der Waals surface area (Å²) in [6.07, 6.45) is 2.56. The second-order valence-electron chi connectivity index (χ2n) is 4.58. The van der Waals surface area contributed by atoms with Crippen molar-refractivity contribution in [2.45, 2.75) is 26.9 Å². The van der Waals surface area contributed by atoms with Crippen LogP contribution >= 0.6 is 0 Å². The van der Waals surface area contributed by atoms with Crippen molar-refractivity contribution in [1.29, 1.82) is 0 Å². The zero-order valence-electron chi connectivity index (χ0n) is 11.6. The Labute approximate surface area is 117 Å². The van der Waals surface area contributed by atoms with Crippen LogP contribution in [0.2, 0.25) is 0 Å². The minimum absolute atomic E-state index is 0.185. The minimum atomic E-state index is -0.185. The highest BCUT2D eigenvalue weighted by Crippen LogP contribution is 2.15. The van der Waals surface area contributed by atoms with Crippen LogP contribution in [0.4, 0.5) is 0 Å². The molecular formula is C15H18N2O3. The number of hydrogen-bond acceptors (Lipinski definition) is 4. The van der Waals surface area contributed by atoms with E-state index in [2.05, 4.69) is 0 Å². The molecular weight excluding hydrogens is 256 g/mol. The Morgan fingerprint density at radius 1 is 1.10 bits per heavy atom. The molecule has 0 unspecified atom stereocenters. The van der Waals surface area contributed by atoms with E-state index in [1.165, 1.54) is 12.3 Å². The summed E-state index contributed by atoms with van der Waals surface area (Å²) in [7, 11) is 0. The van der Waals surface area contributed by atoms with Crippen molar-refractivity contribution in [3.63, 3.8) is 0 Å². The molecule has 0 aliphatic rings. The Hall–Kier alpha value is -2.43. The third-order valence-corrected chi connectivity index (χ3v) is 2.84. The zero-order valence-corrected chi connectivity index (χ0v) is 11.6. The molecule has 2 N–H and O–H groups in total. The highest BCUT2D eigenvalue weighted by atomic mass is 16.3. The lowest BCUT2D eigenvalue weighted by Gasteiger charge is -2.18. The summed E-state index contributed by atoms with van der Waals surface area (Å²) in [5, 5.41) is 0. The SMILES string of the molecule is Cc1ccc(CN(Cc2ccc(C)o2)C(=O)/C=C\N)o1. The van der Waals surface area contributed by atoms with E-state index in [4.69, 9.17) is 14.6 Å². The molecule has 1 amide bonds. The van der Waals surface area contributed by atoms with Gasteiger partial charge in [-0.25, -0.2) is 0 Å². The second kappa shape index (κ2) is 6.14. The first-order valence-electron chi connectivity index (χ1n) is 6.36. The second-order valence-corrected chi connectivity index (χ2v) is 4.58. The summed E-state index contributed by atoms with van der Waals surface area (Å²) in [6, 6.07) is 7.45. The van der Waals surface area contributed by atoms with Gasteiger partial charge in [0.1, 0.15) is 23.0 Å². The monoisotopic (exact) mass is 274 g/mol. The fourth-order valence-electron chi connectivity index (χ4n) is 1.92. The van der Waals surface area contributed by atoms with Crippen molar-refractivity contribution in [2.24, 2.45) is 5.73 Å². The molecule has 0 aliphatic carbocycles. The van der Waals surface area contributed by atoms with E-state index in [1.807, 2.05) is 38.1 Å². The number of carbonyl (C=O) groups is 1. The van der Waals surface area contributed by atoms with E-state index in [0.29, 0.717) is 13.1 Å². The van der Waals surface area contributed by atoms with Gasteiger partial charge in [0.05, 0.1) is 13.1 Å². The van der Waals surface area contributed by atoms with Gasteiger partial charge in [-0.05, 0) is 44.3 Å². The number of rotatable bonds is 5. The number of amides is 1. The van der Waals surface area contributed by atoms with Gasteiger partial charge in [-0.1, -0.05) is 0 Å². The average Bonchev–Trinajstić information content (AvgIpc) is 2.98. The number of carbonyl (C=O) groups excluding carboxylic acids is 1. The van der Waals surface area contributed by atoms with Gasteiger partial charge in [0.25, 0.3) is 0 Å². The zero-order chi connectivity index (χ0) is 14.5. The molecule has 0 saturated carbocycles. The molecule has 2 aromatic rings. The molecule has 0 aliphatic heterocycles. The first-order valence-corrected chi connectivity index (χ1v) is 6.36. The van der Waals surface area contributed by atoms with Crippen LogP contribution in [0, 0.1) is 13.8 Å². The van der Waals surface area contributed by atoms with Crippen LogP contribution in [0.3, 0.4) is 0 Å². The van der Waals surface area contributed by atoms with Crippen LogP contribution in [0.1, 0.15) is 23.0 Å². The molecule has 0 fully saturated rings. The first kappa shape index (κ1) is 14.0. The van der Waals surface area contributed by atoms with Gasteiger partial charge < -0.3 is 19.5 Å². The maximum atomic E-state index is 12.0. The van der Waals surface area contributed by atoms with Gasteiger partial charge in [0.15, 0.2) is 0 Å². The van der Waals surface area contributed by atoms with E-state index < -0.39 is 0 Å². The molecule has 2 aromatic heterocycles. The molecule has 106 valence electrons. The Morgan fingerprint density at radius 2 is 1.60 bits per heavy atom. The lowest BCUT2D eigenvalue weighted by molar-refractivity contribution is -0.127. The molecule has 5 heteroatoms. The molecule has 5 nitrogen and oxygen atoms in total.